The minimum Gasteiger partial charge on any atom is -0.481 e. The number of benzene rings is 1. The molecule has 4 rings (SSSR count). The fraction of sp³-hybridized carbons (Fsp3) is 0.560. The number of aliphatic hydroxyl groups excluding tert-OH is 1. The van der Waals surface area contributed by atoms with E-state index < -0.39 is 53.4 Å². The molecule has 3 aliphatic rings. The lowest BCUT2D eigenvalue weighted by Crippen LogP contribution is -2.59. The van der Waals surface area contributed by atoms with Crippen LogP contribution >= 0.6 is 27.5 Å². The Balaban J connectivity index is 1.87. The molecule has 1 spiro atoms. The number of fused-ring (bicyclic) bond motifs is 1. The van der Waals surface area contributed by atoms with Gasteiger partial charge < -0.3 is 24.7 Å². The van der Waals surface area contributed by atoms with Crippen molar-refractivity contribution in [3.05, 3.63) is 41.9 Å². The van der Waals surface area contributed by atoms with Gasteiger partial charge in [0, 0.05) is 11.4 Å². The van der Waals surface area contributed by atoms with Crippen molar-refractivity contribution in [2.75, 3.05) is 18.1 Å². The van der Waals surface area contributed by atoms with Crippen LogP contribution in [-0.2, 0) is 19.1 Å². The smallest absolute Gasteiger partial charge is 0.310 e. The summed E-state index contributed by atoms with van der Waals surface area (Å²) in [5, 5.41) is 20.7. The number of amides is 2. The Morgan fingerprint density at radius 2 is 2.09 bits per heavy atom. The molecule has 0 saturated carbocycles. The summed E-state index contributed by atoms with van der Waals surface area (Å²) in [6, 6.07) is 5.09. The molecule has 3 heterocycles. The Kier molecular flexibility index (Phi) is 7.35. The zero-order valence-corrected chi connectivity index (χ0v) is 22.0. The number of hydrogen-bond acceptors (Lipinski definition) is 5. The van der Waals surface area contributed by atoms with Gasteiger partial charge in [-0.25, -0.2) is 0 Å². The molecule has 2 N–H and O–H groups in total. The molecule has 10 heteroatoms. The zero-order chi connectivity index (χ0) is 25.7. The maximum Gasteiger partial charge on any atom is 0.310 e. The number of likely N-dealkylation sites (tertiary alicyclic amines) is 1. The van der Waals surface area contributed by atoms with Gasteiger partial charge in [0.25, 0.3) is 5.91 Å². The van der Waals surface area contributed by atoms with Crippen molar-refractivity contribution in [3.63, 3.8) is 0 Å². The van der Waals surface area contributed by atoms with Crippen molar-refractivity contribution in [2.24, 2.45) is 17.8 Å². The van der Waals surface area contributed by atoms with E-state index in [4.69, 9.17) is 16.3 Å². The first-order chi connectivity index (χ1) is 16.6. The minimum absolute atomic E-state index is 0.123. The largest absolute Gasteiger partial charge is 0.481 e. The summed E-state index contributed by atoms with van der Waals surface area (Å²) in [5.41, 5.74) is -0.880. The molecular formula is C25H30BrClN2O6. The quantitative estimate of drug-likeness (QED) is 0.350. The average molecular weight is 570 g/mol. The summed E-state index contributed by atoms with van der Waals surface area (Å²) in [7, 11) is 0. The normalized spacial score (nSPS) is 32.1. The van der Waals surface area contributed by atoms with E-state index in [-0.39, 0.29) is 23.9 Å². The second kappa shape index (κ2) is 9.84. The van der Waals surface area contributed by atoms with Crippen LogP contribution in [0.4, 0.5) is 5.69 Å². The van der Waals surface area contributed by atoms with Gasteiger partial charge in [0.1, 0.15) is 11.6 Å². The van der Waals surface area contributed by atoms with Crippen LogP contribution in [0, 0.1) is 17.8 Å². The van der Waals surface area contributed by atoms with Gasteiger partial charge in [0.2, 0.25) is 5.91 Å². The van der Waals surface area contributed by atoms with E-state index in [2.05, 4.69) is 22.5 Å². The highest BCUT2D eigenvalue weighted by atomic mass is 79.9. The molecule has 8 nitrogen and oxygen atoms in total. The zero-order valence-electron chi connectivity index (χ0n) is 19.6. The number of ether oxygens (including phenoxy) is 1. The van der Waals surface area contributed by atoms with Crippen molar-refractivity contribution >= 4 is 51.0 Å². The summed E-state index contributed by atoms with van der Waals surface area (Å²) in [5.74, 6) is -4.03. The number of anilines is 1. The Bertz CT molecular complexity index is 1040. The summed E-state index contributed by atoms with van der Waals surface area (Å²) in [4.78, 5) is 43.1. The Labute approximate surface area is 218 Å². The van der Waals surface area contributed by atoms with Crippen molar-refractivity contribution < 1.29 is 29.3 Å². The fourth-order valence-electron chi connectivity index (χ4n) is 6.10. The number of carbonyl (C=O) groups excluding carboxylic acids is 2. The van der Waals surface area contributed by atoms with Crippen molar-refractivity contribution in [2.45, 2.75) is 55.3 Å². The topological polar surface area (TPSA) is 107 Å². The van der Waals surface area contributed by atoms with Crippen molar-refractivity contribution in [1.82, 2.24) is 4.90 Å². The molecule has 3 fully saturated rings. The minimum atomic E-state index is -1.33. The van der Waals surface area contributed by atoms with Gasteiger partial charge in [-0.05, 0) is 30.9 Å². The van der Waals surface area contributed by atoms with Crippen LogP contribution in [0.3, 0.4) is 0 Å². The van der Waals surface area contributed by atoms with Crippen molar-refractivity contribution in [3.8, 4) is 0 Å². The number of rotatable bonds is 9. The number of carbonyl (C=O) groups is 3. The highest BCUT2D eigenvalue weighted by Crippen LogP contribution is 2.60. The lowest BCUT2D eigenvalue weighted by Gasteiger charge is -2.40. The number of carboxylic acid groups (broad SMARTS) is 1. The molecule has 0 aromatic heterocycles. The second-order valence-corrected chi connectivity index (χ2v) is 11.5. The molecule has 2 amide bonds. The van der Waals surface area contributed by atoms with Gasteiger partial charge in [-0.3, -0.25) is 14.4 Å². The number of halogens is 2. The number of aliphatic carboxylic acids is 1. The lowest BCUT2D eigenvalue weighted by atomic mass is 9.70. The van der Waals surface area contributed by atoms with Gasteiger partial charge in [-0.2, -0.15) is 0 Å². The molecule has 3 aliphatic heterocycles. The molecule has 0 radical (unpaired) electrons. The highest BCUT2D eigenvalue weighted by molar-refractivity contribution is 9.09. The van der Waals surface area contributed by atoms with Gasteiger partial charge in [-0.15, -0.1) is 6.58 Å². The molecule has 0 aliphatic carbocycles. The Morgan fingerprint density at radius 3 is 2.66 bits per heavy atom. The van der Waals surface area contributed by atoms with Crippen molar-refractivity contribution in [1.29, 1.82) is 0 Å². The predicted octanol–water partition coefficient (Wildman–Crippen LogP) is 3.10. The lowest BCUT2D eigenvalue weighted by molar-refractivity contribution is -0.151. The molecular weight excluding hydrogens is 540 g/mol. The maximum atomic E-state index is 14.4. The fourth-order valence-corrected chi connectivity index (χ4v) is 7.28. The third-order valence-electron chi connectivity index (χ3n) is 7.31. The van der Waals surface area contributed by atoms with Crippen LogP contribution in [0.2, 0.25) is 5.02 Å². The number of nitrogens with zero attached hydrogens (tertiary/aromatic N) is 2. The number of alkyl halides is 1. The third-order valence-corrected chi connectivity index (χ3v) is 8.48. The second-order valence-electron chi connectivity index (χ2n) is 9.90. The summed E-state index contributed by atoms with van der Waals surface area (Å²) in [6.45, 7) is 7.46. The Hall–Kier alpha value is -1.94. The summed E-state index contributed by atoms with van der Waals surface area (Å²) < 4.78 is 6.32. The average Bonchev–Trinajstić information content (AvgIpc) is 3.39. The summed E-state index contributed by atoms with van der Waals surface area (Å²) in [6.07, 6.45) is 1.58. The monoisotopic (exact) mass is 568 g/mol. The first-order valence-electron chi connectivity index (χ1n) is 11.7. The molecule has 3 saturated heterocycles. The predicted molar refractivity (Wildman–Crippen MR) is 135 cm³/mol. The highest BCUT2D eigenvalue weighted by Gasteiger charge is 2.77. The molecule has 35 heavy (non-hydrogen) atoms. The number of para-hydroxylation sites is 1. The van der Waals surface area contributed by atoms with Crippen LogP contribution < -0.4 is 4.90 Å². The van der Waals surface area contributed by atoms with Gasteiger partial charge >= 0.3 is 5.97 Å². The SMILES string of the molecule is C=CCN(C(=O)[C@H]1N([C@@H](CO)CC(C)C)C(=O)[C@@H]2[C@@H](C(=O)O)[C@@H]3O[C@@]21CC3Br)c1ccccc1Cl. The first-order valence-corrected chi connectivity index (χ1v) is 13.0. The van der Waals surface area contributed by atoms with Crippen LogP contribution in [0.5, 0.6) is 0 Å². The van der Waals surface area contributed by atoms with E-state index >= 15 is 0 Å². The standard InChI is InChI=1S/C25H30BrClN2O6/c1-4-9-28(17-8-6-5-7-16(17)27)23(32)21-25-11-15(26)20(35-25)18(24(33)34)19(25)22(31)29(21)14(12-30)10-13(2)3/h4-8,13-15,18-21,30H,1,9-12H2,2-3H3,(H,33,34)/t14-,15?,18-,19+,20-,21-,25+/m1/s1. The molecule has 1 unspecified atom stereocenters. The molecule has 1 aromatic rings. The molecule has 190 valence electrons. The van der Waals surface area contributed by atoms with Crippen LogP contribution in [-0.4, -0.2) is 74.7 Å². The van der Waals surface area contributed by atoms with Crippen LogP contribution in [0.1, 0.15) is 26.7 Å². The maximum absolute atomic E-state index is 14.4. The van der Waals surface area contributed by atoms with Gasteiger partial charge in [0.05, 0.1) is 41.3 Å². The molecule has 2 bridgehead atoms. The van der Waals surface area contributed by atoms with E-state index in [0.717, 1.165) is 0 Å². The molecule has 1 aromatic carbocycles. The van der Waals surface area contributed by atoms with Crippen LogP contribution in [0.15, 0.2) is 36.9 Å². The number of carboxylic acids is 1. The van der Waals surface area contributed by atoms with Gasteiger partial charge in [0.15, 0.2) is 0 Å². The van der Waals surface area contributed by atoms with E-state index in [1.807, 2.05) is 13.8 Å². The van der Waals surface area contributed by atoms with E-state index in [1.165, 1.54) is 9.80 Å². The summed E-state index contributed by atoms with van der Waals surface area (Å²) >= 11 is 9.98. The molecule has 7 atom stereocenters. The number of aliphatic hydroxyl groups is 1. The first kappa shape index (κ1) is 26.1. The van der Waals surface area contributed by atoms with Crippen LogP contribution in [0.25, 0.3) is 0 Å². The Morgan fingerprint density at radius 1 is 1.40 bits per heavy atom. The van der Waals surface area contributed by atoms with E-state index in [1.54, 1.807) is 30.3 Å². The van der Waals surface area contributed by atoms with E-state index in [0.29, 0.717) is 23.6 Å². The number of hydrogen-bond donors (Lipinski definition) is 2. The van der Waals surface area contributed by atoms with E-state index in [9.17, 15) is 24.6 Å². The van der Waals surface area contributed by atoms with Gasteiger partial charge in [-0.1, -0.05) is 59.6 Å². The third kappa shape index (κ3) is 4.10.